The number of amides is 1. The number of aromatic nitrogens is 1. The zero-order chi connectivity index (χ0) is 20.5. The number of carbonyl (C=O) groups is 1. The second kappa shape index (κ2) is 7.86. The summed E-state index contributed by atoms with van der Waals surface area (Å²) in [5.41, 5.74) is 2.27. The van der Waals surface area contributed by atoms with Gasteiger partial charge in [0.15, 0.2) is 11.6 Å². The molecule has 1 N–H and O–H groups in total. The largest absolute Gasteiger partial charge is 0.365 e. The first-order valence-corrected chi connectivity index (χ1v) is 9.59. The molecule has 2 heterocycles. The molecule has 2 aromatic rings. The van der Waals surface area contributed by atoms with Gasteiger partial charge in [-0.25, -0.2) is 13.8 Å². The summed E-state index contributed by atoms with van der Waals surface area (Å²) in [6, 6.07) is 7.77. The van der Waals surface area contributed by atoms with E-state index in [9.17, 15) is 13.6 Å². The van der Waals surface area contributed by atoms with E-state index >= 15 is 0 Å². The van der Waals surface area contributed by atoms with Crippen molar-refractivity contribution in [2.75, 3.05) is 16.8 Å². The van der Waals surface area contributed by atoms with Crippen molar-refractivity contribution in [1.29, 1.82) is 0 Å². The molecule has 0 unspecified atom stereocenters. The van der Waals surface area contributed by atoms with Gasteiger partial charge in [-0.2, -0.15) is 0 Å². The maximum Gasteiger partial charge on any atom is 0.226 e. The molecule has 3 rings (SSSR count). The van der Waals surface area contributed by atoms with Gasteiger partial charge < -0.3 is 10.2 Å². The minimum atomic E-state index is -0.542. The fourth-order valence-electron chi connectivity index (χ4n) is 3.52. The van der Waals surface area contributed by atoms with Crippen LogP contribution in [0.25, 0.3) is 0 Å². The summed E-state index contributed by atoms with van der Waals surface area (Å²) in [5, 5.41) is 2.62. The van der Waals surface area contributed by atoms with E-state index in [2.05, 4.69) is 22.1 Å². The van der Waals surface area contributed by atoms with Crippen molar-refractivity contribution >= 4 is 17.4 Å². The number of benzene rings is 1. The number of halogens is 2. The predicted octanol–water partition coefficient (Wildman–Crippen LogP) is 4.93. The van der Waals surface area contributed by atoms with Crippen molar-refractivity contribution in [1.82, 2.24) is 4.98 Å². The Morgan fingerprint density at radius 2 is 1.93 bits per heavy atom. The summed E-state index contributed by atoms with van der Waals surface area (Å²) >= 11 is 0. The van der Waals surface area contributed by atoms with Crippen molar-refractivity contribution < 1.29 is 13.6 Å². The quantitative estimate of drug-likeness (QED) is 0.809. The molecule has 1 aliphatic heterocycles. The van der Waals surface area contributed by atoms with Crippen LogP contribution in [0.4, 0.5) is 20.3 Å². The smallest absolute Gasteiger partial charge is 0.226 e. The van der Waals surface area contributed by atoms with Crippen molar-refractivity contribution in [3.63, 3.8) is 0 Å². The van der Waals surface area contributed by atoms with Crippen LogP contribution in [-0.2, 0) is 17.8 Å². The zero-order valence-corrected chi connectivity index (χ0v) is 16.9. The van der Waals surface area contributed by atoms with Crippen LogP contribution >= 0.6 is 0 Å². The maximum absolute atomic E-state index is 14.7. The van der Waals surface area contributed by atoms with E-state index in [1.165, 1.54) is 18.2 Å². The summed E-state index contributed by atoms with van der Waals surface area (Å²) in [7, 11) is 0. The van der Waals surface area contributed by atoms with Crippen molar-refractivity contribution in [2.24, 2.45) is 11.3 Å². The number of hydrogen-bond donors (Lipinski definition) is 1. The first-order chi connectivity index (χ1) is 13.1. The molecule has 0 saturated heterocycles. The Kier molecular flexibility index (Phi) is 5.68. The fraction of sp³-hybridized carbons (Fsp3) is 0.455. The average Bonchev–Trinajstić information content (AvgIpc) is 2.56. The topological polar surface area (TPSA) is 45.2 Å². The lowest BCUT2D eigenvalue weighted by molar-refractivity contribution is -0.117. The van der Waals surface area contributed by atoms with Crippen LogP contribution in [0.5, 0.6) is 0 Å². The maximum atomic E-state index is 14.7. The van der Waals surface area contributed by atoms with Gasteiger partial charge in [-0.05, 0) is 35.4 Å². The SMILES string of the molecule is C[C@H]1Cc2nc(NC(=O)CC(C)(C)C)c(F)cc2N(Cc2ccc(F)cc2)C1. The van der Waals surface area contributed by atoms with Crippen LogP contribution < -0.4 is 10.2 Å². The Morgan fingerprint density at radius 3 is 2.57 bits per heavy atom. The van der Waals surface area contributed by atoms with Crippen LogP contribution in [0, 0.1) is 23.0 Å². The first-order valence-electron chi connectivity index (χ1n) is 9.59. The number of hydrogen-bond acceptors (Lipinski definition) is 3. The second-order valence-corrected chi connectivity index (χ2v) is 8.89. The standard InChI is InChI=1S/C22H27F2N3O/c1-14-9-18-19(27(12-14)13-15-5-7-16(23)8-6-15)10-17(24)21(25-18)26-20(28)11-22(2,3)4/h5-8,10,14H,9,11-13H2,1-4H3,(H,25,26,28)/t14-/m0/s1. The van der Waals surface area contributed by atoms with Crippen LogP contribution in [0.3, 0.4) is 0 Å². The fourth-order valence-corrected chi connectivity index (χ4v) is 3.52. The van der Waals surface area contributed by atoms with E-state index in [4.69, 9.17) is 0 Å². The van der Waals surface area contributed by atoms with Gasteiger partial charge in [-0.1, -0.05) is 39.8 Å². The third-order valence-electron chi connectivity index (χ3n) is 4.68. The van der Waals surface area contributed by atoms with Gasteiger partial charge in [0.25, 0.3) is 0 Å². The van der Waals surface area contributed by atoms with Gasteiger partial charge in [0.1, 0.15) is 5.82 Å². The monoisotopic (exact) mass is 387 g/mol. The lowest BCUT2D eigenvalue weighted by Crippen LogP contribution is -2.35. The number of nitrogens with one attached hydrogen (secondary N) is 1. The molecule has 1 aromatic carbocycles. The lowest BCUT2D eigenvalue weighted by Gasteiger charge is -2.34. The van der Waals surface area contributed by atoms with Crippen LogP contribution in [-0.4, -0.2) is 17.4 Å². The van der Waals surface area contributed by atoms with Gasteiger partial charge in [-0.15, -0.1) is 0 Å². The Morgan fingerprint density at radius 1 is 1.25 bits per heavy atom. The van der Waals surface area contributed by atoms with Gasteiger partial charge in [0, 0.05) is 25.6 Å². The summed E-state index contributed by atoms with van der Waals surface area (Å²) in [6.07, 6.45) is 1.01. The summed E-state index contributed by atoms with van der Waals surface area (Å²) in [6.45, 7) is 9.30. The van der Waals surface area contributed by atoms with Crippen molar-refractivity contribution in [3.05, 3.63) is 53.2 Å². The minimum Gasteiger partial charge on any atom is -0.365 e. The molecule has 1 atom stereocenters. The number of rotatable bonds is 4. The van der Waals surface area contributed by atoms with E-state index < -0.39 is 5.82 Å². The Labute approximate surface area is 165 Å². The van der Waals surface area contributed by atoms with Crippen LogP contribution in [0.2, 0.25) is 0 Å². The summed E-state index contributed by atoms with van der Waals surface area (Å²) in [4.78, 5) is 18.7. The molecule has 0 bridgehead atoms. The van der Waals surface area contributed by atoms with Crippen molar-refractivity contribution in [3.8, 4) is 0 Å². The lowest BCUT2D eigenvalue weighted by atomic mass is 9.92. The average molecular weight is 387 g/mol. The number of carbonyl (C=O) groups excluding carboxylic acids is 1. The zero-order valence-electron chi connectivity index (χ0n) is 16.9. The molecule has 6 heteroatoms. The van der Waals surface area contributed by atoms with E-state index in [0.29, 0.717) is 12.5 Å². The van der Waals surface area contributed by atoms with E-state index in [1.807, 2.05) is 20.8 Å². The summed E-state index contributed by atoms with van der Waals surface area (Å²) < 4.78 is 27.8. The molecular weight excluding hydrogens is 360 g/mol. The minimum absolute atomic E-state index is 0.0103. The highest BCUT2D eigenvalue weighted by atomic mass is 19.1. The molecule has 1 amide bonds. The highest BCUT2D eigenvalue weighted by Gasteiger charge is 2.26. The van der Waals surface area contributed by atoms with Gasteiger partial charge in [-0.3, -0.25) is 4.79 Å². The molecule has 0 radical (unpaired) electrons. The highest BCUT2D eigenvalue weighted by molar-refractivity contribution is 5.90. The van der Waals surface area contributed by atoms with Crippen LogP contribution in [0.1, 0.15) is 45.4 Å². The molecule has 0 aliphatic carbocycles. The van der Waals surface area contributed by atoms with Crippen molar-refractivity contribution in [2.45, 2.75) is 47.1 Å². The van der Waals surface area contributed by atoms with E-state index in [0.717, 1.165) is 29.9 Å². The normalized spacial score (nSPS) is 16.6. The molecule has 28 heavy (non-hydrogen) atoms. The third kappa shape index (κ3) is 5.06. The molecular formula is C22H27F2N3O. The molecule has 0 spiro atoms. The van der Waals surface area contributed by atoms with Gasteiger partial charge in [0.2, 0.25) is 5.91 Å². The van der Waals surface area contributed by atoms with E-state index in [-0.39, 0.29) is 29.4 Å². The third-order valence-corrected chi connectivity index (χ3v) is 4.68. The Hall–Kier alpha value is -2.50. The second-order valence-electron chi connectivity index (χ2n) is 8.89. The summed E-state index contributed by atoms with van der Waals surface area (Å²) in [5.74, 6) is -0.738. The predicted molar refractivity (Wildman–Crippen MR) is 107 cm³/mol. The number of pyridine rings is 1. The van der Waals surface area contributed by atoms with Gasteiger partial charge in [0.05, 0.1) is 11.4 Å². The molecule has 0 saturated carbocycles. The molecule has 1 aliphatic rings. The first kappa shape index (κ1) is 20.2. The number of nitrogens with zero attached hydrogens (tertiary/aromatic N) is 2. The van der Waals surface area contributed by atoms with Gasteiger partial charge >= 0.3 is 0 Å². The Balaban J connectivity index is 1.84. The molecule has 150 valence electrons. The van der Waals surface area contributed by atoms with E-state index in [1.54, 1.807) is 12.1 Å². The Bertz CT molecular complexity index is 859. The molecule has 4 nitrogen and oxygen atoms in total. The number of fused-ring (bicyclic) bond motifs is 1. The highest BCUT2D eigenvalue weighted by Crippen LogP contribution is 2.32. The van der Waals surface area contributed by atoms with Crippen LogP contribution in [0.15, 0.2) is 30.3 Å². The number of anilines is 2. The molecule has 1 aromatic heterocycles. The molecule has 0 fully saturated rings.